The van der Waals surface area contributed by atoms with Gasteiger partial charge in [0, 0.05) is 6.54 Å². The molecule has 0 saturated carbocycles. The van der Waals surface area contributed by atoms with Crippen LogP contribution >= 0.6 is 0 Å². The lowest BCUT2D eigenvalue weighted by Gasteiger charge is -2.10. The Balaban J connectivity index is 2.52. The van der Waals surface area contributed by atoms with Gasteiger partial charge < -0.3 is 15.2 Å². The van der Waals surface area contributed by atoms with E-state index in [1.165, 1.54) is 7.11 Å². The molecule has 0 radical (unpaired) electrons. The van der Waals surface area contributed by atoms with Crippen LogP contribution in [0.25, 0.3) is 0 Å². The van der Waals surface area contributed by atoms with Gasteiger partial charge in [-0.25, -0.2) is 0 Å². The summed E-state index contributed by atoms with van der Waals surface area (Å²) in [5, 5.41) is 12.5. The number of phenolic OH excluding ortho intramolecular Hbond substituents is 1. The summed E-state index contributed by atoms with van der Waals surface area (Å²) in [4.78, 5) is 0. The van der Waals surface area contributed by atoms with Gasteiger partial charge in [0.05, 0.1) is 18.6 Å². The molecule has 1 aromatic rings. The van der Waals surface area contributed by atoms with E-state index in [0.717, 1.165) is 0 Å². The van der Waals surface area contributed by atoms with Crippen LogP contribution in [0.4, 0.5) is 5.69 Å². The van der Waals surface area contributed by atoms with Gasteiger partial charge in [0.15, 0.2) is 11.5 Å². The summed E-state index contributed by atoms with van der Waals surface area (Å²) in [7, 11) is -2.49. The highest BCUT2D eigenvalue weighted by molar-refractivity contribution is 7.85. The third-order valence-electron chi connectivity index (χ3n) is 2.11. The molecule has 0 fully saturated rings. The van der Waals surface area contributed by atoms with E-state index in [0.29, 0.717) is 18.0 Å². The van der Waals surface area contributed by atoms with Crippen LogP contribution in [-0.4, -0.2) is 37.5 Å². The molecular weight excluding hydrogens is 246 g/mol. The van der Waals surface area contributed by atoms with E-state index in [1.807, 2.05) is 0 Å². The third-order valence-corrected chi connectivity index (χ3v) is 2.92. The summed E-state index contributed by atoms with van der Waals surface area (Å²) in [5.41, 5.74) is 0.458. The molecule has 0 unspecified atom stereocenters. The minimum absolute atomic E-state index is 0.0261. The number of phenols is 1. The molecule has 0 spiro atoms. The number of hydrogen-bond donors (Lipinski definition) is 3. The second-order valence-corrected chi connectivity index (χ2v) is 4.99. The van der Waals surface area contributed by atoms with Crippen LogP contribution in [0.1, 0.15) is 6.42 Å². The van der Waals surface area contributed by atoms with Crippen molar-refractivity contribution in [3.63, 3.8) is 0 Å². The lowest BCUT2D eigenvalue weighted by atomic mass is 10.2. The first kappa shape index (κ1) is 13.6. The molecule has 0 heterocycles. The Morgan fingerprint density at radius 3 is 2.71 bits per heavy atom. The van der Waals surface area contributed by atoms with E-state index < -0.39 is 10.1 Å². The topological polar surface area (TPSA) is 95.9 Å². The molecule has 0 aliphatic carbocycles. The van der Waals surface area contributed by atoms with Crippen LogP contribution in [-0.2, 0) is 10.1 Å². The Labute approximate surface area is 100.0 Å². The molecule has 0 aliphatic heterocycles. The van der Waals surface area contributed by atoms with Crippen LogP contribution in [0.15, 0.2) is 18.2 Å². The minimum Gasteiger partial charge on any atom is -0.503 e. The number of anilines is 1. The van der Waals surface area contributed by atoms with Gasteiger partial charge in [-0.1, -0.05) is 6.07 Å². The van der Waals surface area contributed by atoms with E-state index in [2.05, 4.69) is 5.32 Å². The van der Waals surface area contributed by atoms with E-state index in [4.69, 9.17) is 9.29 Å². The van der Waals surface area contributed by atoms with Crippen molar-refractivity contribution in [3.05, 3.63) is 18.2 Å². The normalized spacial score (nSPS) is 11.2. The quantitative estimate of drug-likeness (QED) is 0.403. The predicted molar refractivity (Wildman–Crippen MR) is 64.2 cm³/mol. The average Bonchev–Trinajstić information content (AvgIpc) is 2.25. The van der Waals surface area contributed by atoms with Gasteiger partial charge in [-0.3, -0.25) is 4.55 Å². The summed E-state index contributed by atoms with van der Waals surface area (Å²) < 4.78 is 34.4. The number of hydrogen-bond acceptors (Lipinski definition) is 5. The van der Waals surface area contributed by atoms with Gasteiger partial charge in [-0.15, -0.1) is 0 Å². The predicted octanol–water partition coefficient (Wildman–Crippen LogP) is 1.09. The van der Waals surface area contributed by atoms with Crippen molar-refractivity contribution in [2.24, 2.45) is 0 Å². The van der Waals surface area contributed by atoms with Crippen molar-refractivity contribution < 1.29 is 22.8 Å². The molecule has 0 bridgehead atoms. The van der Waals surface area contributed by atoms with E-state index in [9.17, 15) is 13.5 Å². The van der Waals surface area contributed by atoms with Crippen LogP contribution in [0, 0.1) is 0 Å². The van der Waals surface area contributed by atoms with Gasteiger partial charge in [0.1, 0.15) is 0 Å². The molecule has 96 valence electrons. The fraction of sp³-hybridized carbons (Fsp3) is 0.400. The second-order valence-electron chi connectivity index (χ2n) is 3.42. The fourth-order valence-electron chi connectivity index (χ4n) is 1.31. The molecule has 0 saturated heterocycles. The number of para-hydroxylation sites is 1. The highest BCUT2D eigenvalue weighted by Gasteiger charge is 2.07. The molecule has 3 N–H and O–H groups in total. The van der Waals surface area contributed by atoms with Crippen molar-refractivity contribution in [3.8, 4) is 11.5 Å². The van der Waals surface area contributed by atoms with Crippen LogP contribution < -0.4 is 10.1 Å². The number of methoxy groups -OCH3 is 1. The summed E-state index contributed by atoms with van der Waals surface area (Å²) >= 11 is 0. The molecule has 7 heteroatoms. The van der Waals surface area contributed by atoms with Crippen molar-refractivity contribution in [2.75, 3.05) is 24.7 Å². The maximum Gasteiger partial charge on any atom is 0.264 e. The van der Waals surface area contributed by atoms with Crippen molar-refractivity contribution in [1.82, 2.24) is 0 Å². The van der Waals surface area contributed by atoms with Gasteiger partial charge in [0.25, 0.3) is 10.1 Å². The Morgan fingerprint density at radius 2 is 2.12 bits per heavy atom. The van der Waals surface area contributed by atoms with Crippen LogP contribution in [0.5, 0.6) is 11.5 Å². The monoisotopic (exact) mass is 261 g/mol. The summed E-state index contributed by atoms with van der Waals surface area (Å²) in [6.45, 7) is 0.320. The number of rotatable bonds is 6. The number of aromatic hydroxyl groups is 1. The van der Waals surface area contributed by atoms with Crippen molar-refractivity contribution >= 4 is 15.8 Å². The molecule has 1 aromatic carbocycles. The van der Waals surface area contributed by atoms with Gasteiger partial charge in [0.2, 0.25) is 0 Å². The van der Waals surface area contributed by atoms with E-state index >= 15 is 0 Å². The summed E-state index contributed by atoms with van der Waals surface area (Å²) in [6.07, 6.45) is 0.246. The van der Waals surface area contributed by atoms with Crippen LogP contribution in [0.3, 0.4) is 0 Å². The fourth-order valence-corrected chi connectivity index (χ4v) is 1.82. The van der Waals surface area contributed by atoms with E-state index in [1.54, 1.807) is 18.2 Å². The Morgan fingerprint density at radius 1 is 1.41 bits per heavy atom. The van der Waals surface area contributed by atoms with Gasteiger partial charge >= 0.3 is 0 Å². The van der Waals surface area contributed by atoms with Gasteiger partial charge in [-0.2, -0.15) is 8.42 Å². The maximum absolute atomic E-state index is 10.5. The zero-order chi connectivity index (χ0) is 12.9. The lowest BCUT2D eigenvalue weighted by molar-refractivity contribution is 0.374. The summed E-state index contributed by atoms with van der Waals surface area (Å²) in [5.74, 6) is -0.00305. The smallest absolute Gasteiger partial charge is 0.264 e. The first-order valence-electron chi connectivity index (χ1n) is 4.99. The maximum atomic E-state index is 10.5. The van der Waals surface area contributed by atoms with Crippen molar-refractivity contribution in [1.29, 1.82) is 0 Å². The molecule has 6 nitrogen and oxygen atoms in total. The molecule has 0 aromatic heterocycles. The number of nitrogens with one attached hydrogen (secondary N) is 1. The Hall–Kier alpha value is -1.47. The standard InChI is InChI=1S/C10H15NO5S/c1-16-9-5-2-4-8(10(9)12)11-6-3-7-17(13,14)15/h2,4-5,11-12H,3,6-7H2,1H3,(H,13,14,15). The first-order valence-corrected chi connectivity index (χ1v) is 6.60. The SMILES string of the molecule is COc1cccc(NCCCS(=O)(=O)O)c1O. The number of ether oxygens (including phenoxy) is 1. The van der Waals surface area contributed by atoms with Crippen LogP contribution in [0.2, 0.25) is 0 Å². The second kappa shape index (κ2) is 5.74. The Bertz CT molecular complexity index is 472. The zero-order valence-corrected chi connectivity index (χ0v) is 10.2. The average molecular weight is 261 g/mol. The van der Waals surface area contributed by atoms with Gasteiger partial charge in [-0.05, 0) is 18.6 Å². The molecule has 17 heavy (non-hydrogen) atoms. The first-order chi connectivity index (χ1) is 7.94. The lowest BCUT2D eigenvalue weighted by Crippen LogP contribution is -2.10. The summed E-state index contributed by atoms with van der Waals surface area (Å²) in [6, 6.07) is 4.95. The molecule has 0 amide bonds. The number of benzene rings is 1. The molecule has 0 aliphatic rings. The molecular formula is C10H15NO5S. The molecule has 0 atom stereocenters. The van der Waals surface area contributed by atoms with Crippen molar-refractivity contribution in [2.45, 2.75) is 6.42 Å². The van der Waals surface area contributed by atoms with E-state index in [-0.39, 0.29) is 17.9 Å². The zero-order valence-electron chi connectivity index (χ0n) is 9.38. The molecule has 1 rings (SSSR count). The highest BCUT2D eigenvalue weighted by Crippen LogP contribution is 2.33. The Kier molecular flexibility index (Phi) is 4.59. The largest absolute Gasteiger partial charge is 0.503 e. The third kappa shape index (κ3) is 4.49. The minimum atomic E-state index is -3.93. The highest BCUT2D eigenvalue weighted by atomic mass is 32.2.